The maximum atomic E-state index is 12.4. The molecule has 1 atom stereocenters. The van der Waals surface area contributed by atoms with Crippen LogP contribution in [0.15, 0.2) is 10.2 Å². The second kappa shape index (κ2) is 6.07. The third kappa shape index (κ3) is 2.87. The minimum Gasteiger partial charge on any atom is -0.493 e. The van der Waals surface area contributed by atoms with E-state index in [1.807, 2.05) is 0 Å². The Morgan fingerprint density at radius 3 is 2.48 bits per heavy atom. The van der Waals surface area contributed by atoms with E-state index in [1.165, 1.54) is 0 Å². The number of ketones is 2. The maximum absolute atomic E-state index is 12.4. The van der Waals surface area contributed by atoms with Crippen LogP contribution in [-0.2, 0) is 25.5 Å². The number of azo groups is 1. The second-order valence-corrected chi connectivity index (χ2v) is 5.26. The van der Waals surface area contributed by atoms with E-state index in [0.29, 0.717) is 0 Å². The van der Waals surface area contributed by atoms with Crippen molar-refractivity contribution in [1.82, 2.24) is 9.55 Å². The zero-order valence-electron chi connectivity index (χ0n) is 12.7. The molecule has 0 aromatic carbocycles. The van der Waals surface area contributed by atoms with E-state index in [4.69, 9.17) is 5.41 Å². The van der Waals surface area contributed by atoms with Crippen molar-refractivity contribution in [3.63, 3.8) is 0 Å². The van der Waals surface area contributed by atoms with E-state index in [1.54, 1.807) is 13.8 Å². The maximum Gasteiger partial charge on any atom is 0.375 e. The van der Waals surface area contributed by atoms with Crippen LogP contribution >= 0.6 is 0 Å². The first-order chi connectivity index (χ1) is 10.8. The molecule has 0 saturated heterocycles. The number of esters is 1. The summed E-state index contributed by atoms with van der Waals surface area (Å²) in [6, 6.07) is 0. The average molecular weight is 321 g/mol. The van der Waals surface area contributed by atoms with Crippen LogP contribution in [0.2, 0.25) is 0 Å². The van der Waals surface area contributed by atoms with Crippen LogP contribution in [0, 0.1) is 17.2 Å². The average Bonchev–Trinajstić information content (AvgIpc) is 2.99. The van der Waals surface area contributed by atoms with E-state index < -0.39 is 35.3 Å². The fourth-order valence-corrected chi connectivity index (χ4v) is 2.29. The Morgan fingerprint density at radius 1 is 1.30 bits per heavy atom. The number of hydrogen-bond donors (Lipinski definition) is 2. The Morgan fingerprint density at radius 2 is 1.96 bits per heavy atom. The molecule has 0 fully saturated rings. The molecule has 0 aliphatic carbocycles. The summed E-state index contributed by atoms with van der Waals surface area (Å²) in [6.45, 7) is 3.25. The molecular formula is C13H15N5O5. The Kier molecular flexibility index (Phi) is 4.34. The number of nitrogens with zero attached hydrogens (tertiary/aromatic N) is 4. The summed E-state index contributed by atoms with van der Waals surface area (Å²) >= 11 is 0. The van der Waals surface area contributed by atoms with Crippen molar-refractivity contribution in [1.29, 1.82) is 5.41 Å². The van der Waals surface area contributed by atoms with E-state index in [9.17, 15) is 19.5 Å². The van der Waals surface area contributed by atoms with Gasteiger partial charge in [0.05, 0.1) is 19.4 Å². The molecule has 0 radical (unpaired) electrons. The molecule has 2 heterocycles. The molecule has 0 saturated carbocycles. The van der Waals surface area contributed by atoms with Gasteiger partial charge >= 0.3 is 5.97 Å². The molecule has 10 heteroatoms. The number of fused-ring (bicyclic) bond motifs is 1. The van der Waals surface area contributed by atoms with Gasteiger partial charge in [0.15, 0.2) is 0 Å². The van der Waals surface area contributed by atoms with Crippen molar-refractivity contribution < 1.29 is 24.2 Å². The first-order valence-corrected chi connectivity index (χ1v) is 6.74. The van der Waals surface area contributed by atoms with Crippen LogP contribution in [0.3, 0.4) is 0 Å². The van der Waals surface area contributed by atoms with Gasteiger partial charge in [-0.3, -0.25) is 15.0 Å². The number of carbonyl (C=O) groups is 3. The lowest BCUT2D eigenvalue weighted by Gasteiger charge is -2.16. The zero-order valence-corrected chi connectivity index (χ0v) is 12.7. The molecule has 23 heavy (non-hydrogen) atoms. The first-order valence-electron chi connectivity index (χ1n) is 6.74. The lowest BCUT2D eigenvalue weighted by molar-refractivity contribution is -0.156. The lowest BCUT2D eigenvalue weighted by Crippen LogP contribution is -2.35. The molecule has 1 aromatic heterocycles. The van der Waals surface area contributed by atoms with Gasteiger partial charge in [0.25, 0.3) is 17.7 Å². The number of aromatic hydroxyl groups is 1. The Labute approximate surface area is 130 Å². The van der Waals surface area contributed by atoms with Crippen LogP contribution in [-0.4, -0.2) is 45.3 Å². The molecule has 10 nitrogen and oxygen atoms in total. The highest BCUT2D eigenvalue weighted by Gasteiger charge is 2.36. The van der Waals surface area contributed by atoms with Crippen molar-refractivity contribution in [3.8, 4) is 5.88 Å². The summed E-state index contributed by atoms with van der Waals surface area (Å²) in [5.74, 6) is -5.01. The fourth-order valence-electron chi connectivity index (χ4n) is 2.29. The normalized spacial score (nSPS) is 14.0. The van der Waals surface area contributed by atoms with Gasteiger partial charge in [-0.2, -0.15) is 0 Å². The number of nitrogens with one attached hydrogen (secondary N) is 1. The fraction of sp³-hybridized carbons (Fsp3) is 0.462. The molecule has 0 spiro atoms. The number of hydrogen-bond acceptors (Lipinski definition) is 8. The quantitative estimate of drug-likeness (QED) is 0.445. The van der Waals surface area contributed by atoms with E-state index in [0.717, 1.165) is 11.7 Å². The number of Topliss-reactive ketones (excluding diaryl/α,β-unsaturated/α-hetero) is 2. The van der Waals surface area contributed by atoms with Crippen molar-refractivity contribution in [3.05, 3.63) is 5.69 Å². The van der Waals surface area contributed by atoms with Crippen molar-refractivity contribution in [2.45, 2.75) is 20.3 Å². The smallest absolute Gasteiger partial charge is 0.375 e. The van der Waals surface area contributed by atoms with Gasteiger partial charge in [0.1, 0.15) is 11.5 Å². The monoisotopic (exact) mass is 321 g/mol. The SMILES string of the molecule is COC(=O)C(=O)C(C(=O)Cc1nc2n(c1O)C(=N)N=N2)C(C)C. The lowest BCUT2D eigenvalue weighted by atomic mass is 9.85. The molecule has 122 valence electrons. The number of rotatable bonds is 6. The van der Waals surface area contributed by atoms with Crippen LogP contribution < -0.4 is 0 Å². The Hall–Kier alpha value is -2.91. The summed E-state index contributed by atoms with van der Waals surface area (Å²) in [4.78, 5) is 39.7. The van der Waals surface area contributed by atoms with E-state index in [2.05, 4.69) is 19.9 Å². The molecule has 2 N–H and O–H groups in total. The molecule has 2 rings (SSSR count). The van der Waals surface area contributed by atoms with Gasteiger partial charge in [-0.25, -0.2) is 14.3 Å². The zero-order chi connectivity index (χ0) is 17.3. The first kappa shape index (κ1) is 16.5. The Balaban J connectivity index is 2.25. The van der Waals surface area contributed by atoms with Crippen LogP contribution in [0.4, 0.5) is 5.95 Å². The number of ether oxygens (including phenoxy) is 1. The predicted molar refractivity (Wildman–Crippen MR) is 75.6 cm³/mol. The molecule has 0 bridgehead atoms. The molecular weight excluding hydrogens is 306 g/mol. The summed E-state index contributed by atoms with van der Waals surface area (Å²) in [6.07, 6.45) is -0.375. The number of aromatic nitrogens is 2. The summed E-state index contributed by atoms with van der Waals surface area (Å²) in [5, 5.41) is 24.5. The van der Waals surface area contributed by atoms with E-state index in [-0.39, 0.29) is 24.0 Å². The highest BCUT2D eigenvalue weighted by atomic mass is 16.5. The van der Waals surface area contributed by atoms with Crippen LogP contribution in [0.1, 0.15) is 19.5 Å². The third-order valence-corrected chi connectivity index (χ3v) is 3.38. The number of methoxy groups -OCH3 is 1. The predicted octanol–water partition coefficient (Wildman–Crippen LogP) is 0.595. The van der Waals surface area contributed by atoms with E-state index >= 15 is 0 Å². The number of imidazole rings is 1. The van der Waals surface area contributed by atoms with Crippen LogP contribution in [0.25, 0.3) is 0 Å². The van der Waals surface area contributed by atoms with Crippen LogP contribution in [0.5, 0.6) is 5.88 Å². The third-order valence-electron chi connectivity index (χ3n) is 3.38. The van der Waals surface area contributed by atoms with Gasteiger partial charge in [-0.15, -0.1) is 10.2 Å². The van der Waals surface area contributed by atoms with Crippen molar-refractivity contribution >= 4 is 29.4 Å². The standard InChI is InChI=1S/C13H15N5O5/c1-5(2)8(9(20)11(22)23-3)7(19)4-6-10(21)18-12(14)16-17-13(18)15-6/h5,8,14,21H,4H2,1-3H3. The minimum atomic E-state index is -1.19. The van der Waals surface area contributed by atoms with Gasteiger partial charge in [-0.05, 0) is 5.92 Å². The van der Waals surface area contributed by atoms with Gasteiger partial charge in [0, 0.05) is 0 Å². The summed E-state index contributed by atoms with van der Waals surface area (Å²) in [5.41, 5.74) is -0.0308. The largest absolute Gasteiger partial charge is 0.493 e. The molecule has 1 aromatic rings. The summed E-state index contributed by atoms with van der Waals surface area (Å²) in [7, 11) is 1.06. The molecule has 0 amide bonds. The van der Waals surface area contributed by atoms with Gasteiger partial charge in [-0.1, -0.05) is 13.8 Å². The highest BCUT2D eigenvalue weighted by molar-refractivity contribution is 6.38. The highest BCUT2D eigenvalue weighted by Crippen LogP contribution is 2.30. The van der Waals surface area contributed by atoms with Gasteiger partial charge in [0.2, 0.25) is 5.88 Å². The minimum absolute atomic E-state index is 0.0179. The summed E-state index contributed by atoms with van der Waals surface area (Å²) < 4.78 is 5.33. The van der Waals surface area contributed by atoms with Crippen molar-refractivity contribution in [2.75, 3.05) is 7.11 Å². The molecule has 1 unspecified atom stereocenters. The molecule has 1 aliphatic rings. The topological polar surface area (TPSA) is 147 Å². The second-order valence-electron chi connectivity index (χ2n) is 5.26. The molecule has 1 aliphatic heterocycles. The van der Waals surface area contributed by atoms with Gasteiger partial charge < -0.3 is 9.84 Å². The Bertz CT molecular complexity index is 733. The number of carbonyl (C=O) groups excluding carboxylic acids is 3. The van der Waals surface area contributed by atoms with Crippen molar-refractivity contribution in [2.24, 2.45) is 22.1 Å².